The normalized spacial score (nSPS) is 10.3. The fraction of sp³-hybridized carbons (Fsp3) is 0.294. The molecule has 0 aliphatic heterocycles. The molecule has 1 heterocycles. The number of hydrogen-bond acceptors (Lipinski definition) is 6. The molecule has 2 aromatic rings. The minimum Gasteiger partial charge on any atom is -0.369 e. The van der Waals surface area contributed by atoms with E-state index >= 15 is 0 Å². The first-order valence-corrected chi connectivity index (χ1v) is 7.65. The van der Waals surface area contributed by atoms with Gasteiger partial charge in [0.25, 0.3) is 0 Å². The molecule has 0 bridgehead atoms. The molecule has 0 saturated heterocycles. The molecular formula is C17H19N5O2. The summed E-state index contributed by atoms with van der Waals surface area (Å²) < 4.78 is 0. The molecule has 0 saturated carbocycles. The van der Waals surface area contributed by atoms with E-state index in [0.29, 0.717) is 11.9 Å². The van der Waals surface area contributed by atoms with Crippen molar-refractivity contribution in [2.45, 2.75) is 26.8 Å². The van der Waals surface area contributed by atoms with Crippen LogP contribution in [0.5, 0.6) is 0 Å². The van der Waals surface area contributed by atoms with E-state index in [-0.39, 0.29) is 11.4 Å². The fourth-order valence-electron chi connectivity index (χ4n) is 2.48. The van der Waals surface area contributed by atoms with E-state index in [9.17, 15) is 10.1 Å². The molecule has 1 aromatic carbocycles. The summed E-state index contributed by atoms with van der Waals surface area (Å²) in [6, 6.07) is 12.7. The maximum Gasteiger partial charge on any atom is 0.305 e. The van der Waals surface area contributed by atoms with Crippen molar-refractivity contribution >= 4 is 22.9 Å². The lowest BCUT2D eigenvalue weighted by atomic mass is 10.2. The van der Waals surface area contributed by atoms with Gasteiger partial charge in [-0.25, -0.2) is 4.98 Å². The van der Waals surface area contributed by atoms with E-state index in [0.717, 1.165) is 17.9 Å². The summed E-state index contributed by atoms with van der Waals surface area (Å²) in [6.45, 7) is 7.30. The van der Waals surface area contributed by atoms with Gasteiger partial charge in [0.1, 0.15) is 11.9 Å². The van der Waals surface area contributed by atoms with Crippen molar-refractivity contribution in [2.24, 2.45) is 0 Å². The Kier molecular flexibility index (Phi) is 5.32. The molecule has 0 amide bonds. The number of rotatable bonds is 6. The van der Waals surface area contributed by atoms with Crippen LogP contribution in [0, 0.1) is 21.4 Å². The van der Waals surface area contributed by atoms with Crippen molar-refractivity contribution in [3.8, 4) is 6.07 Å². The predicted octanol–water partition coefficient (Wildman–Crippen LogP) is 3.84. The maximum atomic E-state index is 10.8. The van der Waals surface area contributed by atoms with Gasteiger partial charge in [-0.3, -0.25) is 10.1 Å². The maximum absolute atomic E-state index is 10.8. The Morgan fingerprint density at radius 2 is 1.96 bits per heavy atom. The summed E-state index contributed by atoms with van der Waals surface area (Å²) >= 11 is 0. The Morgan fingerprint density at radius 1 is 1.29 bits per heavy atom. The molecule has 7 nitrogen and oxygen atoms in total. The summed E-state index contributed by atoms with van der Waals surface area (Å²) in [4.78, 5) is 16.5. The van der Waals surface area contributed by atoms with Gasteiger partial charge in [0, 0.05) is 30.0 Å². The number of pyridine rings is 1. The first kappa shape index (κ1) is 17.2. The van der Waals surface area contributed by atoms with Gasteiger partial charge in [-0.15, -0.1) is 0 Å². The molecule has 124 valence electrons. The van der Waals surface area contributed by atoms with Crippen LogP contribution in [-0.4, -0.2) is 22.5 Å². The number of anilines is 3. The molecule has 0 unspecified atom stereocenters. The molecule has 0 aliphatic carbocycles. The number of nitrogens with zero attached hydrogens (tertiary/aromatic N) is 4. The van der Waals surface area contributed by atoms with Crippen molar-refractivity contribution < 1.29 is 4.92 Å². The Bertz CT molecular complexity index is 766. The van der Waals surface area contributed by atoms with Crippen LogP contribution in [0.2, 0.25) is 0 Å². The third-order valence-corrected chi connectivity index (χ3v) is 3.61. The number of nitrogens with one attached hydrogen (secondary N) is 1. The minimum atomic E-state index is -0.616. The van der Waals surface area contributed by atoms with E-state index in [4.69, 9.17) is 5.26 Å². The van der Waals surface area contributed by atoms with Gasteiger partial charge < -0.3 is 10.2 Å². The van der Waals surface area contributed by atoms with Crippen molar-refractivity contribution in [3.63, 3.8) is 0 Å². The molecule has 0 fully saturated rings. The monoisotopic (exact) mass is 325 g/mol. The summed E-state index contributed by atoms with van der Waals surface area (Å²) in [5, 5.41) is 22.9. The largest absolute Gasteiger partial charge is 0.369 e. The van der Waals surface area contributed by atoms with Crippen molar-refractivity contribution in [3.05, 3.63) is 52.2 Å². The molecule has 0 radical (unpaired) electrons. The highest BCUT2D eigenvalue weighted by atomic mass is 16.6. The van der Waals surface area contributed by atoms with Gasteiger partial charge in [0.2, 0.25) is 5.69 Å². The van der Waals surface area contributed by atoms with Crippen LogP contribution < -0.4 is 10.2 Å². The Balaban J connectivity index is 2.20. The summed E-state index contributed by atoms with van der Waals surface area (Å²) in [6.07, 6.45) is 0. The molecule has 24 heavy (non-hydrogen) atoms. The average Bonchev–Trinajstić information content (AvgIpc) is 2.56. The molecule has 0 aliphatic rings. The topological polar surface area (TPSA) is 95.1 Å². The highest BCUT2D eigenvalue weighted by Crippen LogP contribution is 2.24. The molecule has 1 N–H and O–H groups in total. The number of hydrogen-bond donors (Lipinski definition) is 1. The van der Waals surface area contributed by atoms with E-state index in [1.54, 1.807) is 6.07 Å². The van der Waals surface area contributed by atoms with Crippen molar-refractivity contribution in [1.82, 2.24) is 4.98 Å². The molecule has 0 atom stereocenters. The van der Waals surface area contributed by atoms with Crippen LogP contribution in [0.3, 0.4) is 0 Å². The van der Waals surface area contributed by atoms with Crippen molar-refractivity contribution in [2.75, 3.05) is 16.8 Å². The molecule has 1 aromatic heterocycles. The second-order valence-corrected chi connectivity index (χ2v) is 5.48. The van der Waals surface area contributed by atoms with Gasteiger partial charge in [0.15, 0.2) is 0 Å². The Morgan fingerprint density at radius 3 is 2.46 bits per heavy atom. The van der Waals surface area contributed by atoms with Crippen molar-refractivity contribution in [1.29, 1.82) is 5.26 Å². The van der Waals surface area contributed by atoms with Gasteiger partial charge >= 0.3 is 5.69 Å². The number of nitriles is 1. The Hall–Kier alpha value is -3.14. The van der Waals surface area contributed by atoms with Gasteiger partial charge in [0.05, 0.1) is 4.92 Å². The minimum absolute atomic E-state index is 0.210. The van der Waals surface area contributed by atoms with Crippen LogP contribution >= 0.6 is 0 Å². The number of aromatic nitrogens is 1. The zero-order chi connectivity index (χ0) is 17.7. The summed E-state index contributed by atoms with van der Waals surface area (Å²) in [5.74, 6) is 0.390. The van der Waals surface area contributed by atoms with E-state index in [1.165, 1.54) is 12.1 Å². The second kappa shape index (κ2) is 7.42. The summed E-state index contributed by atoms with van der Waals surface area (Å²) in [5.41, 5.74) is 1.41. The van der Waals surface area contributed by atoms with E-state index < -0.39 is 4.92 Å². The predicted molar refractivity (Wildman–Crippen MR) is 93.5 cm³/mol. The first-order valence-electron chi connectivity index (χ1n) is 7.65. The zero-order valence-electron chi connectivity index (χ0n) is 13.9. The third kappa shape index (κ3) is 3.79. The molecular weight excluding hydrogens is 306 g/mol. The first-order chi connectivity index (χ1) is 11.5. The molecule has 7 heteroatoms. The van der Waals surface area contributed by atoms with Crippen LogP contribution in [0.4, 0.5) is 22.9 Å². The molecule has 0 spiro atoms. The van der Waals surface area contributed by atoms with E-state index in [1.807, 2.05) is 24.3 Å². The van der Waals surface area contributed by atoms with Crippen LogP contribution in [0.15, 0.2) is 36.4 Å². The average molecular weight is 325 g/mol. The highest BCUT2D eigenvalue weighted by Gasteiger charge is 2.15. The number of benzene rings is 1. The summed E-state index contributed by atoms with van der Waals surface area (Å²) in [7, 11) is 0. The zero-order valence-corrected chi connectivity index (χ0v) is 13.9. The molecule has 2 rings (SSSR count). The van der Waals surface area contributed by atoms with Gasteiger partial charge in [-0.2, -0.15) is 5.26 Å². The SMILES string of the molecule is CCN(c1ccc(Nc2ccc([N+](=O)[O-])c(C#N)n2)cc1)C(C)C. The van der Waals surface area contributed by atoms with Crippen LogP contribution in [0.1, 0.15) is 26.5 Å². The Labute approximate surface area is 140 Å². The van der Waals surface area contributed by atoms with Crippen LogP contribution in [0.25, 0.3) is 0 Å². The van der Waals surface area contributed by atoms with E-state index in [2.05, 4.69) is 36.0 Å². The third-order valence-electron chi connectivity index (χ3n) is 3.61. The lowest BCUT2D eigenvalue weighted by molar-refractivity contribution is -0.385. The van der Waals surface area contributed by atoms with Gasteiger partial charge in [-0.1, -0.05) is 0 Å². The standard InChI is InChI=1S/C17H19N5O2/c1-4-21(12(2)3)14-7-5-13(6-8-14)19-17-10-9-16(22(23)24)15(11-18)20-17/h5-10,12H,4H2,1-3H3,(H,19,20). The quantitative estimate of drug-likeness (QED) is 0.640. The van der Waals surface area contributed by atoms with Gasteiger partial charge in [-0.05, 0) is 51.1 Å². The second-order valence-electron chi connectivity index (χ2n) is 5.48. The smallest absolute Gasteiger partial charge is 0.305 e. The lowest BCUT2D eigenvalue weighted by Gasteiger charge is -2.27. The fourth-order valence-corrected chi connectivity index (χ4v) is 2.48. The highest BCUT2D eigenvalue weighted by molar-refractivity contribution is 5.62. The van der Waals surface area contributed by atoms with Crippen LogP contribution in [-0.2, 0) is 0 Å². The lowest BCUT2D eigenvalue weighted by Crippen LogP contribution is -2.30. The number of nitro groups is 1.